The van der Waals surface area contributed by atoms with E-state index >= 15 is 0 Å². The van der Waals surface area contributed by atoms with Crippen LogP contribution < -0.4 is 0 Å². The lowest BCUT2D eigenvalue weighted by atomic mass is 10.1. The van der Waals surface area contributed by atoms with Crippen LogP contribution >= 0.6 is 0 Å². The molecule has 0 aliphatic heterocycles. The maximum Gasteiger partial charge on any atom is 0.254 e. The van der Waals surface area contributed by atoms with Gasteiger partial charge in [0, 0.05) is 24.2 Å². The minimum absolute atomic E-state index is 0.0477. The van der Waals surface area contributed by atoms with E-state index in [0.29, 0.717) is 13.1 Å². The van der Waals surface area contributed by atoms with Crippen molar-refractivity contribution in [2.24, 2.45) is 0 Å². The zero-order valence-corrected chi connectivity index (χ0v) is 16.6. The summed E-state index contributed by atoms with van der Waals surface area (Å²) >= 11 is 0. The van der Waals surface area contributed by atoms with Crippen LogP contribution in [0.1, 0.15) is 27.2 Å². The summed E-state index contributed by atoms with van der Waals surface area (Å²) in [5.41, 5.74) is 4.79. The van der Waals surface area contributed by atoms with Crippen LogP contribution in [0.4, 0.5) is 0 Å². The molecule has 3 heteroatoms. The van der Waals surface area contributed by atoms with Gasteiger partial charge in [0.2, 0.25) is 0 Å². The molecule has 0 bridgehead atoms. The van der Waals surface area contributed by atoms with E-state index in [9.17, 15) is 4.79 Å². The van der Waals surface area contributed by atoms with Gasteiger partial charge in [0.05, 0.1) is 11.1 Å². The predicted octanol–water partition coefficient (Wildman–Crippen LogP) is 5.43. The number of aryl methyl sites for hydroxylation is 1. The Morgan fingerprint density at radius 3 is 2.17 bits per heavy atom. The first kappa shape index (κ1) is 18.9. The molecule has 3 nitrogen and oxygen atoms in total. The summed E-state index contributed by atoms with van der Waals surface area (Å²) in [7, 11) is 0. The lowest BCUT2D eigenvalue weighted by Gasteiger charge is -2.24. The Labute approximate surface area is 171 Å². The van der Waals surface area contributed by atoms with Gasteiger partial charge in [0.15, 0.2) is 0 Å². The van der Waals surface area contributed by atoms with Crippen LogP contribution in [0.5, 0.6) is 0 Å². The van der Waals surface area contributed by atoms with E-state index < -0.39 is 0 Å². The SMILES string of the molecule is Cc1cc(C(=O)N(CCc2ccccc2)Cc2ccccc2)c2ccccc2n1. The second kappa shape index (κ2) is 8.70. The van der Waals surface area contributed by atoms with E-state index in [1.165, 1.54) is 5.56 Å². The van der Waals surface area contributed by atoms with Crippen molar-refractivity contribution < 1.29 is 4.79 Å². The van der Waals surface area contributed by atoms with E-state index in [4.69, 9.17) is 0 Å². The van der Waals surface area contributed by atoms with Crippen molar-refractivity contribution in [2.75, 3.05) is 6.54 Å². The van der Waals surface area contributed by atoms with Crippen molar-refractivity contribution in [3.63, 3.8) is 0 Å². The third kappa shape index (κ3) is 4.52. The summed E-state index contributed by atoms with van der Waals surface area (Å²) in [6, 6.07) is 30.2. The first-order chi connectivity index (χ1) is 14.2. The van der Waals surface area contributed by atoms with Crippen LogP contribution in [-0.2, 0) is 13.0 Å². The molecule has 1 aromatic heterocycles. The summed E-state index contributed by atoms with van der Waals surface area (Å²) in [6.45, 7) is 3.18. The molecule has 0 spiro atoms. The van der Waals surface area contributed by atoms with Crippen molar-refractivity contribution in [3.8, 4) is 0 Å². The van der Waals surface area contributed by atoms with Crippen molar-refractivity contribution >= 4 is 16.8 Å². The summed E-state index contributed by atoms with van der Waals surface area (Å²) in [5.74, 6) is 0.0477. The second-order valence-electron chi connectivity index (χ2n) is 7.28. The molecule has 0 saturated heterocycles. The minimum Gasteiger partial charge on any atom is -0.334 e. The molecular formula is C26H24N2O. The fourth-order valence-corrected chi connectivity index (χ4v) is 3.62. The zero-order valence-electron chi connectivity index (χ0n) is 16.6. The topological polar surface area (TPSA) is 33.2 Å². The molecule has 0 fully saturated rings. The number of hydrogen-bond donors (Lipinski definition) is 0. The standard InChI is InChI=1S/C26H24N2O/c1-20-18-24(23-14-8-9-15-25(23)27-20)26(29)28(19-22-12-6-3-7-13-22)17-16-21-10-4-2-5-11-21/h2-15,18H,16-17,19H2,1H3. The van der Waals surface area contributed by atoms with Crippen LogP contribution in [0.3, 0.4) is 0 Å². The molecule has 144 valence electrons. The summed E-state index contributed by atoms with van der Waals surface area (Å²) in [6.07, 6.45) is 0.821. The molecule has 3 aromatic carbocycles. The van der Waals surface area contributed by atoms with Gasteiger partial charge < -0.3 is 4.90 Å². The zero-order chi connectivity index (χ0) is 20.1. The molecule has 0 radical (unpaired) electrons. The Bertz CT molecular complexity index is 1110. The average Bonchev–Trinajstić information content (AvgIpc) is 2.77. The van der Waals surface area contributed by atoms with Gasteiger partial charge in [-0.25, -0.2) is 0 Å². The molecule has 4 aromatic rings. The fourth-order valence-electron chi connectivity index (χ4n) is 3.62. The van der Waals surface area contributed by atoms with Gasteiger partial charge >= 0.3 is 0 Å². The number of amides is 1. The van der Waals surface area contributed by atoms with Crippen LogP contribution in [0.25, 0.3) is 10.9 Å². The molecule has 0 saturated carbocycles. The molecule has 0 atom stereocenters. The molecular weight excluding hydrogens is 356 g/mol. The quantitative estimate of drug-likeness (QED) is 0.447. The van der Waals surface area contributed by atoms with Crippen molar-refractivity contribution in [1.29, 1.82) is 0 Å². The molecule has 1 heterocycles. The number of rotatable bonds is 6. The highest BCUT2D eigenvalue weighted by molar-refractivity contribution is 6.06. The van der Waals surface area contributed by atoms with E-state index in [1.54, 1.807) is 0 Å². The number of carbonyl (C=O) groups excluding carboxylic acids is 1. The lowest BCUT2D eigenvalue weighted by Crippen LogP contribution is -2.32. The van der Waals surface area contributed by atoms with Gasteiger partial charge in [-0.1, -0.05) is 78.9 Å². The van der Waals surface area contributed by atoms with E-state index in [1.807, 2.05) is 78.6 Å². The largest absolute Gasteiger partial charge is 0.334 e. The highest BCUT2D eigenvalue weighted by Crippen LogP contribution is 2.21. The average molecular weight is 380 g/mol. The van der Waals surface area contributed by atoms with Gasteiger partial charge in [0.25, 0.3) is 5.91 Å². The number of aromatic nitrogens is 1. The number of pyridine rings is 1. The van der Waals surface area contributed by atoms with Gasteiger partial charge in [-0.3, -0.25) is 9.78 Å². The number of para-hydroxylation sites is 1. The lowest BCUT2D eigenvalue weighted by molar-refractivity contribution is 0.0747. The van der Waals surface area contributed by atoms with Crippen molar-refractivity contribution in [3.05, 3.63) is 113 Å². The minimum atomic E-state index is 0.0477. The van der Waals surface area contributed by atoms with Crippen molar-refractivity contribution in [1.82, 2.24) is 9.88 Å². The Kier molecular flexibility index (Phi) is 5.66. The first-order valence-corrected chi connectivity index (χ1v) is 9.94. The molecule has 0 aliphatic rings. The maximum absolute atomic E-state index is 13.6. The molecule has 29 heavy (non-hydrogen) atoms. The van der Waals surface area contributed by atoms with Crippen LogP contribution in [-0.4, -0.2) is 22.3 Å². The molecule has 0 unspecified atom stereocenters. The first-order valence-electron chi connectivity index (χ1n) is 9.94. The molecule has 4 rings (SSSR count). The summed E-state index contributed by atoms with van der Waals surface area (Å²) in [4.78, 5) is 20.2. The Morgan fingerprint density at radius 1 is 0.828 bits per heavy atom. The molecule has 0 aliphatic carbocycles. The van der Waals surface area contributed by atoms with Crippen LogP contribution in [0, 0.1) is 6.92 Å². The summed E-state index contributed by atoms with van der Waals surface area (Å²) in [5, 5.41) is 0.904. The number of carbonyl (C=O) groups is 1. The third-order valence-corrected chi connectivity index (χ3v) is 5.09. The Balaban J connectivity index is 1.67. The Hall–Kier alpha value is -3.46. The number of fused-ring (bicyclic) bond motifs is 1. The third-order valence-electron chi connectivity index (χ3n) is 5.09. The second-order valence-corrected chi connectivity index (χ2v) is 7.28. The normalized spacial score (nSPS) is 10.8. The van der Waals surface area contributed by atoms with Gasteiger partial charge in [-0.05, 0) is 36.6 Å². The number of hydrogen-bond acceptors (Lipinski definition) is 2. The predicted molar refractivity (Wildman–Crippen MR) is 118 cm³/mol. The van der Waals surface area contributed by atoms with Crippen LogP contribution in [0.15, 0.2) is 91.0 Å². The maximum atomic E-state index is 13.6. The monoisotopic (exact) mass is 380 g/mol. The molecule has 0 N–H and O–H groups in total. The van der Waals surface area contributed by atoms with Gasteiger partial charge in [-0.15, -0.1) is 0 Å². The Morgan fingerprint density at radius 2 is 1.45 bits per heavy atom. The highest BCUT2D eigenvalue weighted by atomic mass is 16.2. The van der Waals surface area contributed by atoms with Crippen molar-refractivity contribution in [2.45, 2.75) is 19.9 Å². The molecule has 1 amide bonds. The van der Waals surface area contributed by atoms with Gasteiger partial charge in [-0.2, -0.15) is 0 Å². The fraction of sp³-hybridized carbons (Fsp3) is 0.154. The number of nitrogens with zero attached hydrogens (tertiary/aromatic N) is 2. The summed E-state index contributed by atoms with van der Waals surface area (Å²) < 4.78 is 0. The highest BCUT2D eigenvalue weighted by Gasteiger charge is 2.19. The van der Waals surface area contributed by atoms with E-state index in [0.717, 1.165) is 34.1 Å². The van der Waals surface area contributed by atoms with Crippen LogP contribution in [0.2, 0.25) is 0 Å². The smallest absolute Gasteiger partial charge is 0.254 e. The van der Waals surface area contributed by atoms with E-state index in [-0.39, 0.29) is 5.91 Å². The van der Waals surface area contributed by atoms with Gasteiger partial charge in [0.1, 0.15) is 0 Å². The van der Waals surface area contributed by atoms with E-state index in [2.05, 4.69) is 29.2 Å². The number of benzene rings is 3.